The summed E-state index contributed by atoms with van der Waals surface area (Å²) in [5.41, 5.74) is 2.22. The molecular formula is C54H77N3O6. The van der Waals surface area contributed by atoms with Crippen molar-refractivity contribution in [3.05, 3.63) is 54.5 Å². The number of aromatic amines is 1. The first-order valence-corrected chi connectivity index (χ1v) is 24.8. The third-order valence-corrected chi connectivity index (χ3v) is 20.5. The van der Waals surface area contributed by atoms with E-state index in [-0.39, 0.29) is 63.8 Å². The number of imidazole rings is 1. The van der Waals surface area contributed by atoms with E-state index in [1.54, 1.807) is 0 Å². The zero-order valence-electron chi connectivity index (χ0n) is 40.1. The summed E-state index contributed by atoms with van der Waals surface area (Å²) in [7, 11) is 0. The minimum atomic E-state index is -0.821. The maximum atomic E-state index is 15.9. The molecule has 1 aromatic carbocycles. The molecule has 7 aliphatic rings. The number of fused-ring (bicyclic) bond motifs is 7. The van der Waals surface area contributed by atoms with Gasteiger partial charge in [-0.25, -0.2) is 4.98 Å². The van der Waals surface area contributed by atoms with Gasteiger partial charge in [0.25, 0.3) is 0 Å². The molecule has 9 nitrogen and oxygen atoms in total. The molecule has 1 aliphatic heterocycles. The quantitative estimate of drug-likeness (QED) is 0.190. The number of carboxylic acids is 1. The Bertz CT molecular complexity index is 2130. The van der Waals surface area contributed by atoms with Gasteiger partial charge in [-0.05, 0) is 143 Å². The maximum absolute atomic E-state index is 15.9. The molecule has 63 heavy (non-hydrogen) atoms. The van der Waals surface area contributed by atoms with Gasteiger partial charge < -0.3 is 24.5 Å². The Morgan fingerprint density at radius 3 is 2.24 bits per heavy atom. The summed E-state index contributed by atoms with van der Waals surface area (Å²) in [4.78, 5) is 52.4. The molecule has 0 spiro atoms. The fraction of sp³-hybridized carbons (Fsp3) is 0.741. The summed E-state index contributed by atoms with van der Waals surface area (Å²) in [6.45, 7) is 28.0. The van der Waals surface area contributed by atoms with Gasteiger partial charge in [0.05, 0.1) is 41.2 Å². The number of H-pyrrole nitrogens is 1. The number of rotatable bonds is 9. The number of hydrogen-bond acceptors (Lipinski definition) is 6. The lowest BCUT2D eigenvalue weighted by atomic mass is 9.32. The number of aliphatic carboxylic acids is 1. The van der Waals surface area contributed by atoms with Crippen molar-refractivity contribution < 1.29 is 29.0 Å². The van der Waals surface area contributed by atoms with Crippen LogP contribution in [-0.4, -0.2) is 62.7 Å². The van der Waals surface area contributed by atoms with Crippen LogP contribution < -0.4 is 0 Å². The molecule has 6 aliphatic carbocycles. The third-order valence-electron chi connectivity index (χ3n) is 20.5. The number of carbonyl (C=O) groups is 3. The predicted octanol–water partition coefficient (Wildman–Crippen LogP) is 11.5. The first-order valence-electron chi connectivity index (χ1n) is 24.8. The molecule has 7 fully saturated rings. The van der Waals surface area contributed by atoms with Crippen LogP contribution in [0.2, 0.25) is 0 Å². The molecule has 9 rings (SSSR count). The standard InChI is InChI=1S/C54H77N3O6/c1-31(2)35-19-24-54(48(61)57-30-34(62-32(3)4)27-40(57)45-55-29-39(56-45)33-15-13-12-14-16-33)26-25-52(10)36(44(35)54)17-18-42-51(9)22-21-43(50(7,8)41(51)20-23-53(42,52)11)63-47(60)38-28-37(46(58)59)49(38,5)6/h12-16,29,32,34-38,40-44H,1,17-28,30H2,2-11H3,(H,55,56)(H,58,59)/t34-,35+,36-,37+,38-,40+,41+,42-,43+,44-,51+,52-,53-,54+/m1/s1. The molecule has 1 saturated heterocycles. The minimum Gasteiger partial charge on any atom is -0.481 e. The highest BCUT2D eigenvalue weighted by Gasteiger charge is 2.73. The lowest BCUT2D eigenvalue weighted by Crippen LogP contribution is -2.67. The molecule has 0 bridgehead atoms. The third kappa shape index (κ3) is 6.59. The van der Waals surface area contributed by atoms with Crippen molar-refractivity contribution >= 4 is 17.8 Å². The van der Waals surface area contributed by atoms with Crippen molar-refractivity contribution in [1.82, 2.24) is 14.9 Å². The highest BCUT2D eigenvalue weighted by atomic mass is 16.5. The van der Waals surface area contributed by atoms with Gasteiger partial charge in [0, 0.05) is 30.1 Å². The Balaban J connectivity index is 0.987. The Hall–Kier alpha value is -3.46. The first kappa shape index (κ1) is 44.7. The molecule has 2 aromatic rings. The van der Waals surface area contributed by atoms with Crippen molar-refractivity contribution in [2.75, 3.05) is 6.54 Å². The van der Waals surface area contributed by atoms with Crippen molar-refractivity contribution in [2.24, 2.45) is 73.9 Å². The summed E-state index contributed by atoms with van der Waals surface area (Å²) in [5, 5.41) is 9.73. The van der Waals surface area contributed by atoms with Crippen LogP contribution in [0.4, 0.5) is 0 Å². The summed E-state index contributed by atoms with van der Waals surface area (Å²) < 4.78 is 13.0. The van der Waals surface area contributed by atoms with E-state index in [2.05, 4.69) is 84.0 Å². The number of likely N-dealkylation sites (tertiary alicyclic amines) is 1. The van der Waals surface area contributed by atoms with Gasteiger partial charge >= 0.3 is 11.9 Å². The van der Waals surface area contributed by atoms with Crippen LogP contribution in [0.5, 0.6) is 0 Å². The first-order chi connectivity index (χ1) is 29.6. The topological polar surface area (TPSA) is 122 Å². The largest absolute Gasteiger partial charge is 0.481 e. The van der Waals surface area contributed by atoms with Crippen molar-refractivity contribution in [2.45, 2.75) is 171 Å². The highest BCUT2D eigenvalue weighted by molar-refractivity contribution is 5.85. The van der Waals surface area contributed by atoms with E-state index in [4.69, 9.17) is 14.5 Å². The summed E-state index contributed by atoms with van der Waals surface area (Å²) in [6.07, 6.45) is 13.2. The second-order valence-electron chi connectivity index (χ2n) is 24.2. The number of nitrogens with one attached hydrogen (secondary N) is 1. The normalized spacial score (nSPS) is 42.3. The van der Waals surface area contributed by atoms with Crippen LogP contribution in [0.25, 0.3) is 11.3 Å². The average Bonchev–Trinajstić information content (AvgIpc) is 3.97. The van der Waals surface area contributed by atoms with E-state index >= 15 is 4.79 Å². The molecular weight excluding hydrogens is 787 g/mol. The lowest BCUT2D eigenvalue weighted by Gasteiger charge is -2.73. The van der Waals surface area contributed by atoms with E-state index in [0.717, 1.165) is 87.7 Å². The zero-order chi connectivity index (χ0) is 45.2. The molecule has 0 unspecified atom stereocenters. The van der Waals surface area contributed by atoms with Gasteiger partial charge in [-0.2, -0.15) is 0 Å². The van der Waals surface area contributed by atoms with E-state index in [1.165, 1.54) is 5.57 Å². The molecule has 1 aromatic heterocycles. The number of amides is 1. The summed E-state index contributed by atoms with van der Waals surface area (Å²) in [5.74, 6) is 1.18. The zero-order valence-corrected chi connectivity index (χ0v) is 40.1. The molecule has 6 saturated carbocycles. The lowest BCUT2D eigenvalue weighted by molar-refractivity contribution is -0.251. The molecule has 9 heteroatoms. The fourth-order valence-electron chi connectivity index (χ4n) is 17.0. The van der Waals surface area contributed by atoms with Gasteiger partial charge in [-0.15, -0.1) is 0 Å². The van der Waals surface area contributed by atoms with Crippen LogP contribution >= 0.6 is 0 Å². The predicted molar refractivity (Wildman–Crippen MR) is 245 cm³/mol. The van der Waals surface area contributed by atoms with Crippen LogP contribution in [-0.2, 0) is 23.9 Å². The Morgan fingerprint density at radius 2 is 1.57 bits per heavy atom. The number of esters is 1. The van der Waals surface area contributed by atoms with Gasteiger partial charge in [0.15, 0.2) is 0 Å². The molecule has 1 amide bonds. The molecule has 14 atom stereocenters. The van der Waals surface area contributed by atoms with Crippen LogP contribution in [0.1, 0.15) is 158 Å². The number of benzene rings is 1. The van der Waals surface area contributed by atoms with E-state index in [9.17, 15) is 14.7 Å². The SMILES string of the molecule is C=C(C)[C@@H]1CC[C@]2(C(=O)N3C[C@H](OC(C)C)C[C@H]3c3nc(-c4ccccc4)c[nH]3)CC[C@]3(C)[C@H](CC[C@@H]4[C@@]5(C)CC[C@H](OC(=O)[C@H]6C[C@@H](C(=O)O)C6(C)C)C(C)(C)[C@@H]5CC[C@]43C)[C@@H]12. The molecule has 2 N–H and O–H groups in total. The van der Waals surface area contributed by atoms with E-state index in [1.807, 2.05) is 38.2 Å². The van der Waals surface area contributed by atoms with Crippen molar-refractivity contribution in [3.8, 4) is 11.3 Å². The number of carbonyl (C=O) groups excluding carboxylic acids is 2. The van der Waals surface area contributed by atoms with Gasteiger partial charge in [-0.3, -0.25) is 14.4 Å². The number of carboxylic acid groups (broad SMARTS) is 1. The van der Waals surface area contributed by atoms with E-state index in [0.29, 0.717) is 42.5 Å². The maximum Gasteiger partial charge on any atom is 0.309 e. The van der Waals surface area contributed by atoms with E-state index < -0.39 is 22.7 Å². The van der Waals surface area contributed by atoms with Crippen molar-refractivity contribution in [3.63, 3.8) is 0 Å². The van der Waals surface area contributed by atoms with Gasteiger partial charge in [0.2, 0.25) is 5.91 Å². The Morgan fingerprint density at radius 1 is 0.841 bits per heavy atom. The Kier molecular flexibility index (Phi) is 10.9. The number of nitrogens with zero attached hydrogens (tertiary/aromatic N) is 2. The minimum absolute atomic E-state index is 0.0474. The highest BCUT2D eigenvalue weighted by Crippen LogP contribution is 2.78. The average molecular weight is 864 g/mol. The fourth-order valence-corrected chi connectivity index (χ4v) is 17.0. The molecule has 0 radical (unpaired) electrons. The number of allylic oxidation sites excluding steroid dienone is 1. The summed E-state index contributed by atoms with van der Waals surface area (Å²) in [6, 6.07) is 10.1. The second-order valence-corrected chi connectivity index (χ2v) is 24.2. The van der Waals surface area contributed by atoms with Crippen LogP contribution in [0.3, 0.4) is 0 Å². The monoisotopic (exact) mass is 864 g/mol. The van der Waals surface area contributed by atoms with Crippen LogP contribution in [0.15, 0.2) is 48.7 Å². The van der Waals surface area contributed by atoms with Crippen LogP contribution in [0, 0.1) is 73.9 Å². The molecule has 2 heterocycles. The van der Waals surface area contributed by atoms with Gasteiger partial charge in [-0.1, -0.05) is 91.0 Å². The Labute approximate surface area is 377 Å². The van der Waals surface area contributed by atoms with Gasteiger partial charge in [0.1, 0.15) is 11.9 Å². The number of ether oxygens (including phenoxy) is 2. The summed E-state index contributed by atoms with van der Waals surface area (Å²) >= 11 is 0. The number of aromatic nitrogens is 2. The van der Waals surface area contributed by atoms with Crippen molar-refractivity contribution in [1.29, 1.82) is 0 Å². The number of hydrogen-bond donors (Lipinski definition) is 2. The second kappa shape index (κ2) is 15.3. The smallest absolute Gasteiger partial charge is 0.309 e. The molecule has 344 valence electrons.